The van der Waals surface area contributed by atoms with E-state index in [2.05, 4.69) is 53.7 Å². The number of carboxylic acids is 1. The minimum absolute atomic E-state index is 0.0116. The van der Waals surface area contributed by atoms with Gasteiger partial charge in [-0.05, 0) is 53.7 Å². The molecule has 0 spiro atoms. The summed E-state index contributed by atoms with van der Waals surface area (Å²) in [6, 6.07) is 18.3. The van der Waals surface area contributed by atoms with E-state index in [0.29, 0.717) is 6.61 Å². The largest absolute Gasteiger partial charge is 0.488 e. The molecule has 4 nitrogen and oxygen atoms in total. The summed E-state index contributed by atoms with van der Waals surface area (Å²) in [5.41, 5.74) is 5.41. The Kier molecular flexibility index (Phi) is 6.31. The van der Waals surface area contributed by atoms with E-state index >= 15 is 0 Å². The molecule has 5 heteroatoms. The zero-order valence-corrected chi connectivity index (χ0v) is 17.8. The lowest BCUT2D eigenvalue weighted by Crippen LogP contribution is -2.18. The number of nitrogens with zero attached hydrogens (tertiary/aromatic N) is 1. The van der Waals surface area contributed by atoms with Crippen LogP contribution in [0.4, 0.5) is 0 Å². The maximum absolute atomic E-state index is 11.2. The third-order valence-electron chi connectivity index (χ3n) is 5.22. The molecule has 0 aliphatic carbocycles. The van der Waals surface area contributed by atoms with Gasteiger partial charge in [0.25, 0.3) is 0 Å². The van der Waals surface area contributed by atoms with Gasteiger partial charge in [-0.2, -0.15) is 0 Å². The highest BCUT2D eigenvalue weighted by Crippen LogP contribution is 2.40. The minimum atomic E-state index is -0.825. The van der Waals surface area contributed by atoms with Crippen molar-refractivity contribution >= 4 is 22.9 Å². The van der Waals surface area contributed by atoms with Crippen LogP contribution in [-0.4, -0.2) is 29.6 Å². The fraction of sp³-hybridized carbons (Fsp3) is 0.240. The fourth-order valence-electron chi connectivity index (χ4n) is 3.77. The van der Waals surface area contributed by atoms with Crippen LogP contribution in [0.5, 0.6) is 5.75 Å². The average molecular weight is 420 g/mol. The zero-order valence-electron chi connectivity index (χ0n) is 17.0. The Labute approximate surface area is 181 Å². The molecule has 0 radical (unpaired) electrons. The first kappa shape index (κ1) is 20.4. The number of thiophene rings is 1. The Bertz CT molecular complexity index is 1060. The number of carbonyl (C=O) groups is 1. The lowest BCUT2D eigenvalue weighted by molar-refractivity contribution is -0.136. The van der Waals surface area contributed by atoms with Gasteiger partial charge in [-0.1, -0.05) is 42.5 Å². The lowest BCUT2D eigenvalue weighted by Gasteiger charge is -2.16. The smallest absolute Gasteiger partial charge is 0.307 e. The molecule has 2 aromatic carbocycles. The first-order valence-corrected chi connectivity index (χ1v) is 11.0. The molecule has 0 amide bonds. The molecule has 4 rings (SSSR count). The van der Waals surface area contributed by atoms with Crippen molar-refractivity contribution in [1.29, 1.82) is 0 Å². The third kappa shape index (κ3) is 4.81. The molecule has 1 aliphatic heterocycles. The molecule has 30 heavy (non-hydrogen) atoms. The molecule has 0 unspecified atom stereocenters. The Morgan fingerprint density at radius 3 is 2.80 bits per heavy atom. The number of rotatable bonds is 7. The van der Waals surface area contributed by atoms with E-state index in [1.165, 1.54) is 16.0 Å². The van der Waals surface area contributed by atoms with Gasteiger partial charge >= 0.3 is 5.97 Å². The lowest BCUT2D eigenvalue weighted by atomic mass is 9.97. The summed E-state index contributed by atoms with van der Waals surface area (Å²) in [6.07, 6.45) is 3.19. The highest BCUT2D eigenvalue weighted by Gasteiger charge is 2.21. The molecule has 2 heterocycles. The Morgan fingerprint density at radius 2 is 2.00 bits per heavy atom. The van der Waals surface area contributed by atoms with Crippen LogP contribution in [0.3, 0.4) is 0 Å². The van der Waals surface area contributed by atoms with E-state index in [4.69, 9.17) is 4.74 Å². The standard InChI is InChI=1S/C25H25NO3S/c1-26(16-18-6-3-2-4-7-18)12-5-8-21-22-14-19(15-24(27)28)9-10-23(22)29-17-20-11-13-30-25(20)21/h2-4,6-11,13-14H,5,12,15-17H2,1H3,(H,27,28). The molecular formula is C25H25NO3S. The second-order valence-corrected chi connectivity index (χ2v) is 8.51. The summed E-state index contributed by atoms with van der Waals surface area (Å²) in [4.78, 5) is 14.7. The molecule has 0 fully saturated rings. The minimum Gasteiger partial charge on any atom is -0.488 e. The maximum Gasteiger partial charge on any atom is 0.307 e. The van der Waals surface area contributed by atoms with Crippen molar-refractivity contribution in [2.45, 2.75) is 26.0 Å². The van der Waals surface area contributed by atoms with E-state index in [0.717, 1.165) is 42.0 Å². The molecule has 0 atom stereocenters. The highest BCUT2D eigenvalue weighted by molar-refractivity contribution is 7.11. The van der Waals surface area contributed by atoms with E-state index in [9.17, 15) is 9.90 Å². The molecule has 3 aromatic rings. The van der Waals surface area contributed by atoms with Crippen LogP contribution in [-0.2, 0) is 24.4 Å². The van der Waals surface area contributed by atoms with E-state index in [1.807, 2.05) is 24.3 Å². The molecule has 0 bridgehead atoms. The molecule has 0 saturated heterocycles. The van der Waals surface area contributed by atoms with Gasteiger partial charge in [-0.15, -0.1) is 11.3 Å². The van der Waals surface area contributed by atoms with E-state index in [-0.39, 0.29) is 6.42 Å². The number of carboxylic acid groups (broad SMARTS) is 1. The second kappa shape index (κ2) is 9.28. The second-order valence-electron chi connectivity index (χ2n) is 7.59. The summed E-state index contributed by atoms with van der Waals surface area (Å²) in [7, 11) is 2.14. The Hall–Kier alpha value is -2.89. The van der Waals surface area contributed by atoms with Crippen molar-refractivity contribution in [2.24, 2.45) is 0 Å². The predicted octanol–water partition coefficient (Wildman–Crippen LogP) is 5.22. The molecule has 154 valence electrons. The van der Waals surface area contributed by atoms with E-state index < -0.39 is 5.97 Å². The van der Waals surface area contributed by atoms with Crippen molar-refractivity contribution < 1.29 is 14.6 Å². The van der Waals surface area contributed by atoms with Gasteiger partial charge in [0, 0.05) is 29.1 Å². The van der Waals surface area contributed by atoms with Gasteiger partial charge in [0.1, 0.15) is 12.4 Å². The summed E-state index contributed by atoms with van der Waals surface area (Å²) >= 11 is 1.71. The van der Waals surface area contributed by atoms with Crippen LogP contribution in [0.1, 0.15) is 33.6 Å². The average Bonchev–Trinajstić information content (AvgIpc) is 3.13. The summed E-state index contributed by atoms with van der Waals surface area (Å²) in [6.45, 7) is 2.39. The van der Waals surface area contributed by atoms with Gasteiger partial charge in [0.2, 0.25) is 0 Å². The predicted molar refractivity (Wildman–Crippen MR) is 121 cm³/mol. The maximum atomic E-state index is 11.2. The number of benzene rings is 2. The monoisotopic (exact) mass is 419 g/mol. The van der Waals surface area contributed by atoms with Crippen molar-refractivity contribution in [3.63, 3.8) is 0 Å². The topological polar surface area (TPSA) is 49.8 Å². The number of aliphatic carboxylic acids is 1. The van der Waals surface area contributed by atoms with Gasteiger partial charge in [-0.25, -0.2) is 0 Å². The fourth-order valence-corrected chi connectivity index (χ4v) is 4.73. The van der Waals surface area contributed by atoms with Crippen LogP contribution in [0.15, 0.2) is 66.1 Å². The van der Waals surface area contributed by atoms with Crippen molar-refractivity contribution in [2.75, 3.05) is 13.6 Å². The van der Waals surface area contributed by atoms with Gasteiger partial charge in [0.15, 0.2) is 0 Å². The van der Waals surface area contributed by atoms with Crippen LogP contribution >= 0.6 is 11.3 Å². The van der Waals surface area contributed by atoms with Gasteiger partial charge in [0.05, 0.1) is 6.42 Å². The molecule has 1 aromatic heterocycles. The summed E-state index contributed by atoms with van der Waals surface area (Å²) < 4.78 is 6.04. The zero-order chi connectivity index (χ0) is 20.9. The molecular weight excluding hydrogens is 394 g/mol. The summed E-state index contributed by atoms with van der Waals surface area (Å²) in [5, 5.41) is 11.3. The SMILES string of the molecule is CN(CCC=C1c2cc(CC(=O)O)ccc2OCc2ccsc21)Cc1ccccc1. The Balaban J connectivity index is 1.57. The van der Waals surface area contributed by atoms with Gasteiger partial charge < -0.3 is 14.7 Å². The Morgan fingerprint density at radius 1 is 1.17 bits per heavy atom. The number of hydrogen-bond acceptors (Lipinski definition) is 4. The number of hydrogen-bond donors (Lipinski definition) is 1. The highest BCUT2D eigenvalue weighted by atomic mass is 32.1. The summed E-state index contributed by atoms with van der Waals surface area (Å²) in [5.74, 6) is -0.00852. The normalized spacial score (nSPS) is 14.1. The molecule has 1 aliphatic rings. The van der Waals surface area contributed by atoms with Crippen LogP contribution in [0.2, 0.25) is 0 Å². The van der Waals surface area contributed by atoms with E-state index in [1.54, 1.807) is 11.3 Å². The van der Waals surface area contributed by atoms with Crippen LogP contribution < -0.4 is 4.74 Å². The van der Waals surface area contributed by atoms with Crippen LogP contribution in [0.25, 0.3) is 5.57 Å². The number of fused-ring (bicyclic) bond motifs is 2. The first-order valence-electron chi connectivity index (χ1n) is 10.1. The van der Waals surface area contributed by atoms with Crippen LogP contribution in [0, 0.1) is 0 Å². The van der Waals surface area contributed by atoms with Crippen molar-refractivity contribution in [3.8, 4) is 5.75 Å². The number of ether oxygens (including phenoxy) is 1. The van der Waals surface area contributed by atoms with Crippen molar-refractivity contribution in [1.82, 2.24) is 4.90 Å². The van der Waals surface area contributed by atoms with Crippen molar-refractivity contribution in [3.05, 3.63) is 93.2 Å². The third-order valence-corrected chi connectivity index (χ3v) is 6.21. The first-order chi connectivity index (χ1) is 14.6. The quantitative estimate of drug-likeness (QED) is 0.570. The molecule has 0 saturated carbocycles. The van der Waals surface area contributed by atoms with Gasteiger partial charge in [-0.3, -0.25) is 4.79 Å². The molecule has 1 N–H and O–H groups in total.